The summed E-state index contributed by atoms with van der Waals surface area (Å²) in [4.78, 5) is 26.7. The molecule has 3 aromatic rings. The number of carbonyl (C=O) groups is 2. The zero-order valence-electron chi connectivity index (χ0n) is 19.6. The molecule has 0 unspecified atom stereocenters. The van der Waals surface area contributed by atoms with Crippen molar-refractivity contribution in [3.05, 3.63) is 83.9 Å². The Bertz CT molecular complexity index is 1330. The number of nitrogens with zero attached hydrogens (tertiary/aromatic N) is 2. The van der Waals surface area contributed by atoms with Crippen LogP contribution in [0, 0.1) is 0 Å². The average Bonchev–Trinajstić information content (AvgIpc) is 2.89. The number of Topliss-reactive ketones (excluding diaryl/α,β-unsaturated/α-hetero) is 1. The first-order chi connectivity index (χ1) is 16.8. The maximum absolute atomic E-state index is 13.3. The Morgan fingerprint density at radius 2 is 1.57 bits per heavy atom. The molecule has 0 bridgehead atoms. The van der Waals surface area contributed by atoms with Crippen LogP contribution in [-0.4, -0.2) is 62.6 Å². The zero-order valence-corrected chi connectivity index (χ0v) is 20.4. The van der Waals surface area contributed by atoms with Crippen LogP contribution in [0.15, 0.2) is 77.7 Å². The third-order valence-electron chi connectivity index (χ3n) is 5.93. The van der Waals surface area contributed by atoms with Gasteiger partial charge < -0.3 is 15.0 Å². The lowest BCUT2D eigenvalue weighted by molar-refractivity contribution is 0.0698. The van der Waals surface area contributed by atoms with Crippen LogP contribution in [0.5, 0.6) is 5.75 Å². The minimum atomic E-state index is -3.77. The van der Waals surface area contributed by atoms with E-state index in [1.165, 1.54) is 23.4 Å². The lowest BCUT2D eigenvalue weighted by Gasteiger charge is -2.34. The van der Waals surface area contributed by atoms with Gasteiger partial charge in [-0.15, -0.1) is 0 Å². The fraction of sp³-hybridized carbons (Fsp3) is 0.231. The minimum Gasteiger partial charge on any atom is -0.497 e. The van der Waals surface area contributed by atoms with Crippen molar-refractivity contribution in [1.29, 1.82) is 0 Å². The number of benzene rings is 3. The lowest BCUT2D eigenvalue weighted by atomic mass is 10.1. The second-order valence-corrected chi connectivity index (χ2v) is 10.1. The highest BCUT2D eigenvalue weighted by atomic mass is 32.2. The molecule has 1 N–H and O–H groups in total. The van der Waals surface area contributed by atoms with Crippen molar-refractivity contribution in [3.63, 3.8) is 0 Å². The number of methoxy groups -OCH3 is 1. The summed E-state index contributed by atoms with van der Waals surface area (Å²) >= 11 is 0. The Morgan fingerprint density at radius 3 is 2.23 bits per heavy atom. The van der Waals surface area contributed by atoms with Crippen LogP contribution in [0.3, 0.4) is 0 Å². The number of hydrogen-bond donors (Lipinski definition) is 1. The summed E-state index contributed by atoms with van der Waals surface area (Å²) in [6, 6.07) is 20.7. The van der Waals surface area contributed by atoms with Gasteiger partial charge in [0, 0.05) is 37.4 Å². The van der Waals surface area contributed by atoms with Gasteiger partial charge in [-0.3, -0.25) is 9.59 Å². The van der Waals surface area contributed by atoms with E-state index >= 15 is 0 Å². The van der Waals surface area contributed by atoms with Crippen LogP contribution in [0.4, 0.5) is 11.4 Å². The molecule has 4 rings (SSSR count). The first-order valence-electron chi connectivity index (χ1n) is 11.2. The third kappa shape index (κ3) is 5.36. The molecular weight excluding hydrogens is 466 g/mol. The molecule has 9 heteroatoms. The first kappa shape index (κ1) is 24.4. The molecule has 3 aromatic carbocycles. The molecule has 1 aliphatic heterocycles. The van der Waals surface area contributed by atoms with Gasteiger partial charge in [0.1, 0.15) is 5.75 Å². The van der Waals surface area contributed by atoms with Gasteiger partial charge in [0.15, 0.2) is 5.78 Å². The summed E-state index contributed by atoms with van der Waals surface area (Å²) in [5.74, 6) is 0.373. The first-order valence-corrected chi connectivity index (χ1v) is 12.6. The predicted molar refractivity (Wildman–Crippen MR) is 134 cm³/mol. The molecule has 0 saturated carbocycles. The summed E-state index contributed by atoms with van der Waals surface area (Å²) in [6.07, 6.45) is 0. The number of anilines is 2. The number of hydrogen-bond acceptors (Lipinski definition) is 6. The highest BCUT2D eigenvalue weighted by Crippen LogP contribution is 2.25. The fourth-order valence-corrected chi connectivity index (χ4v) is 5.40. The second-order valence-electron chi connectivity index (χ2n) is 8.18. The van der Waals surface area contributed by atoms with E-state index in [2.05, 4.69) is 5.32 Å². The van der Waals surface area contributed by atoms with E-state index in [9.17, 15) is 18.0 Å². The van der Waals surface area contributed by atoms with Crippen molar-refractivity contribution in [2.45, 2.75) is 11.8 Å². The lowest BCUT2D eigenvalue weighted by Crippen LogP contribution is -2.50. The zero-order chi connectivity index (χ0) is 25.0. The highest BCUT2D eigenvalue weighted by molar-refractivity contribution is 7.89. The van der Waals surface area contributed by atoms with Gasteiger partial charge in [0.2, 0.25) is 10.0 Å². The van der Waals surface area contributed by atoms with Gasteiger partial charge in [-0.1, -0.05) is 24.3 Å². The number of ketones is 1. The smallest absolute Gasteiger partial charge is 0.256 e. The van der Waals surface area contributed by atoms with Gasteiger partial charge in [-0.25, -0.2) is 8.42 Å². The summed E-state index contributed by atoms with van der Waals surface area (Å²) in [5.41, 5.74) is 2.34. The molecule has 0 aliphatic carbocycles. The van der Waals surface area contributed by atoms with Crippen LogP contribution in [-0.2, 0) is 10.0 Å². The molecule has 35 heavy (non-hydrogen) atoms. The molecule has 1 amide bonds. The Balaban J connectivity index is 1.46. The molecule has 0 aromatic heterocycles. The molecule has 0 spiro atoms. The minimum absolute atomic E-state index is 0.0824. The van der Waals surface area contributed by atoms with E-state index in [1.807, 2.05) is 36.4 Å². The fourth-order valence-electron chi connectivity index (χ4n) is 3.93. The normalized spacial score (nSPS) is 14.4. The average molecular weight is 494 g/mol. The largest absolute Gasteiger partial charge is 0.497 e. The van der Waals surface area contributed by atoms with Crippen molar-refractivity contribution < 1.29 is 22.7 Å². The number of piperazine rings is 1. The number of ether oxygens (including phenoxy) is 1. The maximum atomic E-state index is 13.3. The molecule has 1 aliphatic rings. The van der Waals surface area contributed by atoms with Gasteiger partial charge in [-0.2, -0.15) is 4.31 Å². The van der Waals surface area contributed by atoms with Crippen LogP contribution in [0.25, 0.3) is 0 Å². The molecule has 1 saturated heterocycles. The van der Waals surface area contributed by atoms with Gasteiger partial charge in [0.25, 0.3) is 5.91 Å². The van der Waals surface area contributed by atoms with Crippen LogP contribution in [0.1, 0.15) is 27.6 Å². The van der Waals surface area contributed by atoms with E-state index in [1.54, 1.807) is 36.3 Å². The Kier molecular flexibility index (Phi) is 7.18. The van der Waals surface area contributed by atoms with E-state index in [0.717, 1.165) is 11.4 Å². The van der Waals surface area contributed by atoms with E-state index in [4.69, 9.17) is 4.74 Å². The Hall–Kier alpha value is -3.69. The van der Waals surface area contributed by atoms with Crippen LogP contribution >= 0.6 is 0 Å². The van der Waals surface area contributed by atoms with E-state index in [-0.39, 0.29) is 42.8 Å². The van der Waals surface area contributed by atoms with Gasteiger partial charge in [0.05, 0.1) is 23.3 Å². The Labute approximate surface area is 205 Å². The van der Waals surface area contributed by atoms with Crippen molar-refractivity contribution in [1.82, 2.24) is 9.21 Å². The number of para-hydroxylation sites is 1. The number of rotatable bonds is 7. The third-order valence-corrected chi connectivity index (χ3v) is 7.83. The molecule has 1 heterocycles. The number of carbonyl (C=O) groups excluding carboxylic acids is 2. The monoisotopic (exact) mass is 493 g/mol. The predicted octanol–water partition coefficient (Wildman–Crippen LogP) is 3.79. The molecule has 0 atom stereocenters. The molecule has 182 valence electrons. The summed E-state index contributed by atoms with van der Waals surface area (Å²) in [5, 5.41) is 3.28. The summed E-state index contributed by atoms with van der Waals surface area (Å²) < 4.78 is 32.8. The van der Waals surface area contributed by atoms with E-state index in [0.29, 0.717) is 16.8 Å². The SMILES string of the molecule is COc1ccc(Nc2ccccc2C(=O)N2CCN(S(=O)(=O)c3cccc(C(C)=O)c3)CC2)cc1. The number of nitrogens with one attached hydrogen (secondary N) is 1. The van der Waals surface area contributed by atoms with Gasteiger partial charge in [-0.05, 0) is 55.5 Å². The highest BCUT2D eigenvalue weighted by Gasteiger charge is 2.31. The van der Waals surface area contributed by atoms with Crippen molar-refractivity contribution in [2.75, 3.05) is 38.6 Å². The van der Waals surface area contributed by atoms with Crippen LogP contribution in [0.2, 0.25) is 0 Å². The number of amides is 1. The van der Waals surface area contributed by atoms with Crippen molar-refractivity contribution in [3.8, 4) is 5.75 Å². The molecule has 8 nitrogen and oxygen atoms in total. The maximum Gasteiger partial charge on any atom is 0.256 e. The summed E-state index contributed by atoms with van der Waals surface area (Å²) in [7, 11) is -2.16. The standard InChI is InChI=1S/C26H27N3O5S/c1-19(30)20-6-5-7-23(18-20)35(32,33)29-16-14-28(15-17-29)26(31)24-8-3-4-9-25(24)27-21-10-12-22(34-2)13-11-21/h3-13,18,27H,14-17H2,1-2H3. The van der Waals surface area contributed by atoms with Crippen molar-refractivity contribution >= 4 is 33.1 Å². The van der Waals surface area contributed by atoms with Crippen LogP contribution < -0.4 is 10.1 Å². The topological polar surface area (TPSA) is 96.0 Å². The second kappa shape index (κ2) is 10.3. The quantitative estimate of drug-likeness (QED) is 0.503. The molecular formula is C26H27N3O5S. The molecule has 1 fully saturated rings. The van der Waals surface area contributed by atoms with Crippen molar-refractivity contribution in [2.24, 2.45) is 0 Å². The summed E-state index contributed by atoms with van der Waals surface area (Å²) in [6.45, 7) is 2.28. The van der Waals surface area contributed by atoms with E-state index < -0.39 is 10.0 Å². The van der Waals surface area contributed by atoms with Gasteiger partial charge >= 0.3 is 0 Å². The number of sulfonamides is 1. The molecule has 0 radical (unpaired) electrons. The Morgan fingerprint density at radius 1 is 0.886 bits per heavy atom.